The third-order valence-electron chi connectivity index (χ3n) is 4.50. The number of halogens is 4. The number of guanidine groups is 1. The number of ether oxygens (including phenoxy) is 3. The van der Waals surface area contributed by atoms with Crippen LogP contribution >= 0.6 is 24.0 Å². The highest BCUT2D eigenvalue weighted by Gasteiger charge is 2.30. The van der Waals surface area contributed by atoms with E-state index >= 15 is 0 Å². The molecule has 30 heavy (non-hydrogen) atoms. The summed E-state index contributed by atoms with van der Waals surface area (Å²) in [6, 6.07) is 2.17. The number of likely N-dealkylation sites (tertiary alicyclic amines) is 1. The standard InChI is InChI=1S/C19H29F3N4O3.HI/c1-23-18(26-9-6-16(7-10-26)28-12-3-11-27-2)24-8-13-29-17-5-4-15(14-25-17)19(20,21)22;/h4-5,14,16H,3,6-13H2,1-2H3,(H,23,24);1H. The SMILES string of the molecule is CN=C(NCCOc1ccc(C(F)(F)F)cn1)N1CCC(OCCCOC)CC1.I. The van der Waals surface area contributed by atoms with Gasteiger partial charge in [-0.3, -0.25) is 4.99 Å². The minimum absolute atomic E-state index is 0. The molecule has 0 radical (unpaired) electrons. The minimum atomic E-state index is -4.40. The molecule has 1 fully saturated rings. The van der Waals surface area contributed by atoms with Crippen LogP contribution < -0.4 is 10.1 Å². The average molecular weight is 546 g/mol. The molecule has 0 amide bonds. The van der Waals surface area contributed by atoms with Gasteiger partial charge in [0.1, 0.15) is 6.61 Å². The second kappa shape index (κ2) is 13.9. The molecule has 2 heterocycles. The lowest BCUT2D eigenvalue weighted by Crippen LogP contribution is -2.47. The number of pyridine rings is 1. The Morgan fingerprint density at radius 2 is 1.97 bits per heavy atom. The first-order valence-corrected chi connectivity index (χ1v) is 9.66. The fourth-order valence-corrected chi connectivity index (χ4v) is 2.97. The molecular formula is C19H30F3IN4O3. The van der Waals surface area contributed by atoms with E-state index in [2.05, 4.69) is 20.2 Å². The highest BCUT2D eigenvalue weighted by Crippen LogP contribution is 2.29. The smallest absolute Gasteiger partial charge is 0.417 e. The number of nitrogens with one attached hydrogen (secondary N) is 1. The zero-order chi connectivity index (χ0) is 21.1. The Labute approximate surface area is 192 Å². The molecule has 1 aromatic rings. The van der Waals surface area contributed by atoms with E-state index in [4.69, 9.17) is 14.2 Å². The molecule has 0 atom stereocenters. The lowest BCUT2D eigenvalue weighted by Gasteiger charge is -2.34. The maximum atomic E-state index is 12.5. The molecule has 1 aromatic heterocycles. The van der Waals surface area contributed by atoms with E-state index in [1.54, 1.807) is 14.2 Å². The van der Waals surface area contributed by atoms with Gasteiger partial charge in [-0.2, -0.15) is 13.2 Å². The number of hydrogen-bond donors (Lipinski definition) is 1. The number of aliphatic imine (C=N–C) groups is 1. The molecular weight excluding hydrogens is 516 g/mol. The predicted molar refractivity (Wildman–Crippen MR) is 119 cm³/mol. The van der Waals surface area contributed by atoms with Crippen molar-refractivity contribution in [2.24, 2.45) is 4.99 Å². The van der Waals surface area contributed by atoms with Gasteiger partial charge in [-0.1, -0.05) is 0 Å². The van der Waals surface area contributed by atoms with E-state index in [0.29, 0.717) is 19.8 Å². The Hall–Kier alpha value is -1.34. The van der Waals surface area contributed by atoms with Crippen molar-refractivity contribution in [1.29, 1.82) is 0 Å². The van der Waals surface area contributed by atoms with Gasteiger partial charge < -0.3 is 24.4 Å². The van der Waals surface area contributed by atoms with Crippen molar-refractivity contribution in [3.63, 3.8) is 0 Å². The van der Waals surface area contributed by atoms with Crippen LogP contribution in [0.1, 0.15) is 24.8 Å². The summed E-state index contributed by atoms with van der Waals surface area (Å²) in [6.45, 7) is 3.82. The van der Waals surface area contributed by atoms with Crippen LogP contribution in [0.15, 0.2) is 23.3 Å². The van der Waals surface area contributed by atoms with Crippen LogP contribution in [-0.4, -0.2) is 75.6 Å². The van der Waals surface area contributed by atoms with Gasteiger partial charge in [0.05, 0.1) is 18.2 Å². The third kappa shape index (κ3) is 9.21. The number of methoxy groups -OCH3 is 1. The molecule has 1 aliphatic heterocycles. The Balaban J connectivity index is 0.00000450. The summed E-state index contributed by atoms with van der Waals surface area (Å²) in [7, 11) is 3.40. The fourth-order valence-electron chi connectivity index (χ4n) is 2.97. The molecule has 11 heteroatoms. The molecule has 0 bridgehead atoms. The Morgan fingerprint density at radius 3 is 2.53 bits per heavy atom. The minimum Gasteiger partial charge on any atom is -0.476 e. The predicted octanol–water partition coefficient (Wildman–Crippen LogP) is 3.19. The zero-order valence-corrected chi connectivity index (χ0v) is 19.6. The fraction of sp³-hybridized carbons (Fsp3) is 0.684. The van der Waals surface area contributed by atoms with Crippen LogP contribution in [0.25, 0.3) is 0 Å². The van der Waals surface area contributed by atoms with Crippen LogP contribution in [0.5, 0.6) is 5.88 Å². The van der Waals surface area contributed by atoms with Crippen LogP contribution in [0, 0.1) is 0 Å². The van der Waals surface area contributed by atoms with Gasteiger partial charge in [0.2, 0.25) is 5.88 Å². The number of hydrogen-bond acceptors (Lipinski definition) is 5. The van der Waals surface area contributed by atoms with Crippen LogP contribution in [0.3, 0.4) is 0 Å². The second-order valence-electron chi connectivity index (χ2n) is 6.61. The van der Waals surface area contributed by atoms with E-state index in [-0.39, 0.29) is 42.6 Å². The van der Waals surface area contributed by atoms with Crippen molar-refractivity contribution in [2.45, 2.75) is 31.5 Å². The van der Waals surface area contributed by atoms with Gasteiger partial charge in [-0.25, -0.2) is 4.98 Å². The topological polar surface area (TPSA) is 68.2 Å². The highest BCUT2D eigenvalue weighted by atomic mass is 127. The molecule has 1 saturated heterocycles. The van der Waals surface area contributed by atoms with E-state index in [9.17, 15) is 13.2 Å². The molecule has 0 spiro atoms. The molecule has 1 aliphatic rings. The van der Waals surface area contributed by atoms with E-state index < -0.39 is 11.7 Å². The molecule has 0 aromatic carbocycles. The number of nitrogens with zero attached hydrogens (tertiary/aromatic N) is 3. The molecule has 0 saturated carbocycles. The Bertz CT molecular complexity index is 624. The summed E-state index contributed by atoms with van der Waals surface area (Å²) < 4.78 is 53.8. The zero-order valence-electron chi connectivity index (χ0n) is 17.3. The summed E-state index contributed by atoms with van der Waals surface area (Å²) in [4.78, 5) is 10.1. The van der Waals surface area contributed by atoms with Gasteiger partial charge >= 0.3 is 6.18 Å². The molecule has 2 rings (SSSR count). The van der Waals surface area contributed by atoms with E-state index in [1.165, 1.54) is 6.07 Å². The molecule has 7 nitrogen and oxygen atoms in total. The van der Waals surface area contributed by atoms with Crippen LogP contribution in [-0.2, 0) is 15.7 Å². The van der Waals surface area contributed by atoms with Crippen molar-refractivity contribution in [1.82, 2.24) is 15.2 Å². The van der Waals surface area contributed by atoms with E-state index in [1.807, 2.05) is 0 Å². The van der Waals surface area contributed by atoms with Gasteiger partial charge in [0.25, 0.3) is 0 Å². The van der Waals surface area contributed by atoms with Crippen molar-refractivity contribution < 1.29 is 27.4 Å². The first-order chi connectivity index (χ1) is 13.9. The summed E-state index contributed by atoms with van der Waals surface area (Å²) in [6.07, 6.45) is -0.617. The molecule has 0 unspecified atom stereocenters. The summed E-state index contributed by atoms with van der Waals surface area (Å²) in [5, 5.41) is 3.21. The summed E-state index contributed by atoms with van der Waals surface area (Å²) >= 11 is 0. The van der Waals surface area contributed by atoms with Gasteiger partial charge in [0, 0.05) is 52.7 Å². The molecule has 0 aliphatic carbocycles. The molecule has 1 N–H and O–H groups in total. The van der Waals surface area contributed by atoms with Gasteiger partial charge in [-0.05, 0) is 25.3 Å². The van der Waals surface area contributed by atoms with Gasteiger partial charge in [0.15, 0.2) is 5.96 Å². The maximum absolute atomic E-state index is 12.5. The van der Waals surface area contributed by atoms with Crippen LogP contribution in [0.4, 0.5) is 13.2 Å². The normalized spacial score (nSPS) is 15.6. The number of aromatic nitrogens is 1. The molecule has 172 valence electrons. The monoisotopic (exact) mass is 546 g/mol. The van der Waals surface area contributed by atoms with Crippen LogP contribution in [0.2, 0.25) is 0 Å². The van der Waals surface area contributed by atoms with E-state index in [0.717, 1.165) is 50.6 Å². The first-order valence-electron chi connectivity index (χ1n) is 9.66. The lowest BCUT2D eigenvalue weighted by atomic mass is 10.1. The van der Waals surface area contributed by atoms with Gasteiger partial charge in [-0.15, -0.1) is 24.0 Å². The average Bonchev–Trinajstić information content (AvgIpc) is 2.72. The summed E-state index contributed by atoms with van der Waals surface area (Å²) in [5.74, 6) is 0.924. The highest BCUT2D eigenvalue weighted by molar-refractivity contribution is 14.0. The second-order valence-corrected chi connectivity index (χ2v) is 6.61. The quantitative estimate of drug-likeness (QED) is 0.222. The first kappa shape index (κ1) is 26.7. The Morgan fingerprint density at radius 1 is 1.23 bits per heavy atom. The third-order valence-corrected chi connectivity index (χ3v) is 4.50. The maximum Gasteiger partial charge on any atom is 0.417 e. The van der Waals surface area contributed by atoms with Crippen molar-refractivity contribution in [2.75, 3.05) is 53.6 Å². The van der Waals surface area contributed by atoms with Crippen molar-refractivity contribution >= 4 is 29.9 Å². The number of rotatable bonds is 9. The largest absolute Gasteiger partial charge is 0.476 e. The number of piperidine rings is 1. The van der Waals surface area contributed by atoms with Crippen molar-refractivity contribution in [3.8, 4) is 5.88 Å². The summed E-state index contributed by atoms with van der Waals surface area (Å²) in [5.41, 5.74) is -0.797. The van der Waals surface area contributed by atoms with Crippen molar-refractivity contribution in [3.05, 3.63) is 23.9 Å². The lowest BCUT2D eigenvalue weighted by molar-refractivity contribution is -0.137. The number of alkyl halides is 3. The Kier molecular flexibility index (Phi) is 12.3.